The van der Waals surface area contributed by atoms with Gasteiger partial charge in [-0.1, -0.05) is 0 Å². The Bertz CT molecular complexity index is 517. The first-order valence-corrected chi connectivity index (χ1v) is 6.56. The Labute approximate surface area is 113 Å². The van der Waals surface area contributed by atoms with Crippen molar-refractivity contribution in [1.82, 2.24) is 9.88 Å². The van der Waals surface area contributed by atoms with E-state index in [1.54, 1.807) is 0 Å². The first kappa shape index (κ1) is 13.3. The second-order valence-electron chi connectivity index (χ2n) is 3.85. The van der Waals surface area contributed by atoms with Gasteiger partial charge in [0.2, 0.25) is 11.8 Å². The monoisotopic (exact) mass is 281 g/mol. The number of rotatable bonds is 4. The van der Waals surface area contributed by atoms with E-state index in [4.69, 9.17) is 5.11 Å². The van der Waals surface area contributed by atoms with E-state index in [9.17, 15) is 14.4 Å². The molecule has 1 aliphatic heterocycles. The van der Waals surface area contributed by atoms with Crippen LogP contribution in [0.2, 0.25) is 0 Å². The molecular weight excluding hydrogens is 270 g/mol. The maximum atomic E-state index is 11.7. The van der Waals surface area contributed by atoms with Crippen LogP contribution in [0.1, 0.15) is 10.4 Å². The summed E-state index contributed by atoms with van der Waals surface area (Å²) in [6.45, 7) is -0.0196. The van der Waals surface area contributed by atoms with E-state index < -0.39 is 5.97 Å². The lowest BCUT2D eigenvalue weighted by Gasteiger charge is -2.13. The van der Waals surface area contributed by atoms with Gasteiger partial charge in [-0.15, -0.1) is 11.8 Å². The van der Waals surface area contributed by atoms with Crippen molar-refractivity contribution < 1.29 is 19.5 Å². The van der Waals surface area contributed by atoms with Gasteiger partial charge < -0.3 is 15.3 Å². The number of hydrogen-bond donors (Lipinski definition) is 2. The number of aromatic nitrogens is 1. The van der Waals surface area contributed by atoms with Gasteiger partial charge in [0.1, 0.15) is 12.4 Å². The highest BCUT2D eigenvalue weighted by Crippen LogP contribution is 2.14. The average Bonchev–Trinajstić information content (AvgIpc) is 2.75. The fourth-order valence-corrected chi connectivity index (χ4v) is 2.39. The van der Waals surface area contributed by atoms with Gasteiger partial charge in [-0.25, -0.2) is 9.78 Å². The van der Waals surface area contributed by atoms with Crippen molar-refractivity contribution in [3.05, 3.63) is 23.9 Å². The number of carboxylic acid groups (broad SMARTS) is 1. The molecule has 2 amide bonds. The minimum atomic E-state index is -1.08. The van der Waals surface area contributed by atoms with Crippen molar-refractivity contribution in [3.8, 4) is 0 Å². The van der Waals surface area contributed by atoms with E-state index in [1.165, 1.54) is 28.8 Å². The number of carboxylic acids is 1. The van der Waals surface area contributed by atoms with E-state index >= 15 is 0 Å². The van der Waals surface area contributed by atoms with Crippen molar-refractivity contribution in [1.29, 1.82) is 0 Å². The molecular formula is C11H11N3O4S. The van der Waals surface area contributed by atoms with E-state index in [1.807, 2.05) is 0 Å². The standard InChI is InChI=1S/C11H11N3O4S/c15-9(4-14-6-19-5-10(14)16)13-8-2-1-7(3-12-8)11(17)18/h1-3H,4-6H2,(H,17,18)(H,12,13,15). The molecule has 0 aliphatic carbocycles. The Hall–Kier alpha value is -2.09. The number of nitrogens with zero attached hydrogens (tertiary/aromatic N) is 2. The average molecular weight is 281 g/mol. The summed E-state index contributed by atoms with van der Waals surface area (Å²) in [6, 6.07) is 2.75. The summed E-state index contributed by atoms with van der Waals surface area (Å²) < 4.78 is 0. The smallest absolute Gasteiger partial charge is 0.337 e. The molecule has 1 fully saturated rings. The zero-order valence-corrected chi connectivity index (χ0v) is 10.6. The molecule has 1 aromatic rings. The highest BCUT2D eigenvalue weighted by molar-refractivity contribution is 8.00. The number of thioether (sulfide) groups is 1. The molecule has 7 nitrogen and oxygen atoms in total. The highest BCUT2D eigenvalue weighted by atomic mass is 32.2. The summed E-state index contributed by atoms with van der Waals surface area (Å²) in [6.07, 6.45) is 1.16. The molecule has 2 heterocycles. The second-order valence-corrected chi connectivity index (χ2v) is 4.81. The van der Waals surface area contributed by atoms with Gasteiger partial charge >= 0.3 is 5.97 Å². The largest absolute Gasteiger partial charge is 0.478 e. The third-order valence-corrected chi connectivity index (χ3v) is 3.38. The number of carbonyl (C=O) groups excluding carboxylic acids is 2. The Kier molecular flexibility index (Phi) is 4.00. The lowest BCUT2D eigenvalue weighted by Crippen LogP contribution is -2.34. The van der Waals surface area contributed by atoms with Crippen LogP contribution in [0.15, 0.2) is 18.3 Å². The van der Waals surface area contributed by atoms with Crippen molar-refractivity contribution in [2.75, 3.05) is 23.5 Å². The van der Waals surface area contributed by atoms with E-state index in [2.05, 4.69) is 10.3 Å². The molecule has 0 bridgehead atoms. The van der Waals surface area contributed by atoms with Gasteiger partial charge in [0.15, 0.2) is 0 Å². The molecule has 8 heteroatoms. The maximum absolute atomic E-state index is 11.7. The molecule has 100 valence electrons. The maximum Gasteiger partial charge on any atom is 0.337 e. The summed E-state index contributed by atoms with van der Waals surface area (Å²) in [5, 5.41) is 11.2. The van der Waals surface area contributed by atoms with Crippen LogP contribution in [-0.4, -0.2) is 50.9 Å². The van der Waals surface area contributed by atoms with Gasteiger partial charge in [0.25, 0.3) is 0 Å². The van der Waals surface area contributed by atoms with Crippen LogP contribution >= 0.6 is 11.8 Å². The molecule has 0 atom stereocenters. The number of hydrogen-bond acceptors (Lipinski definition) is 5. The number of pyridine rings is 1. The Morgan fingerprint density at radius 2 is 2.26 bits per heavy atom. The van der Waals surface area contributed by atoms with Crippen LogP contribution < -0.4 is 5.32 Å². The van der Waals surface area contributed by atoms with Crippen molar-refractivity contribution in [3.63, 3.8) is 0 Å². The number of carbonyl (C=O) groups is 3. The minimum absolute atomic E-state index is 0.0196. The molecule has 19 heavy (non-hydrogen) atoms. The fourth-order valence-electron chi connectivity index (χ4n) is 1.49. The molecule has 0 radical (unpaired) electrons. The van der Waals surface area contributed by atoms with Crippen molar-refractivity contribution in [2.45, 2.75) is 0 Å². The van der Waals surface area contributed by atoms with E-state index in [0.717, 1.165) is 6.20 Å². The molecule has 1 aromatic heterocycles. The Balaban J connectivity index is 1.91. The van der Waals surface area contributed by atoms with Gasteiger partial charge in [-0.2, -0.15) is 0 Å². The molecule has 0 unspecified atom stereocenters. The zero-order valence-electron chi connectivity index (χ0n) is 9.83. The van der Waals surface area contributed by atoms with Crippen molar-refractivity contribution in [2.24, 2.45) is 0 Å². The van der Waals surface area contributed by atoms with Crippen LogP contribution in [-0.2, 0) is 9.59 Å². The zero-order chi connectivity index (χ0) is 13.8. The van der Waals surface area contributed by atoms with E-state index in [0.29, 0.717) is 11.6 Å². The molecule has 0 spiro atoms. The lowest BCUT2D eigenvalue weighted by atomic mass is 10.3. The van der Waals surface area contributed by atoms with Crippen LogP contribution in [0.3, 0.4) is 0 Å². The quantitative estimate of drug-likeness (QED) is 0.820. The number of nitrogens with one attached hydrogen (secondary N) is 1. The molecule has 0 saturated carbocycles. The normalized spacial score (nSPS) is 14.5. The van der Waals surface area contributed by atoms with Crippen LogP contribution in [0, 0.1) is 0 Å². The molecule has 1 aliphatic rings. The molecule has 1 saturated heterocycles. The van der Waals surface area contributed by atoms with Gasteiger partial charge in [0.05, 0.1) is 17.2 Å². The number of anilines is 1. The minimum Gasteiger partial charge on any atom is -0.478 e. The topological polar surface area (TPSA) is 99.6 Å². The lowest BCUT2D eigenvalue weighted by molar-refractivity contribution is -0.130. The highest BCUT2D eigenvalue weighted by Gasteiger charge is 2.22. The summed E-state index contributed by atoms with van der Waals surface area (Å²) in [5.74, 6) is -0.323. The first-order chi connectivity index (χ1) is 9.06. The second kappa shape index (κ2) is 5.70. The summed E-state index contributed by atoms with van der Waals surface area (Å²) in [4.78, 5) is 38.9. The molecule has 2 rings (SSSR count). The van der Waals surface area contributed by atoms with Crippen molar-refractivity contribution >= 4 is 35.4 Å². The van der Waals surface area contributed by atoms with Gasteiger partial charge in [-0.3, -0.25) is 9.59 Å². The molecule has 2 N–H and O–H groups in total. The predicted molar refractivity (Wildman–Crippen MR) is 68.9 cm³/mol. The summed E-state index contributed by atoms with van der Waals surface area (Å²) >= 11 is 1.46. The number of amides is 2. The van der Waals surface area contributed by atoms with Crippen LogP contribution in [0.25, 0.3) is 0 Å². The Morgan fingerprint density at radius 1 is 1.47 bits per heavy atom. The van der Waals surface area contributed by atoms with Gasteiger partial charge in [0, 0.05) is 6.20 Å². The fraction of sp³-hybridized carbons (Fsp3) is 0.273. The number of aromatic carboxylic acids is 1. The third-order valence-electron chi connectivity index (χ3n) is 2.44. The van der Waals surface area contributed by atoms with E-state index in [-0.39, 0.29) is 29.7 Å². The van der Waals surface area contributed by atoms with Crippen LogP contribution in [0.5, 0.6) is 0 Å². The SMILES string of the molecule is O=C(CN1CSCC1=O)Nc1ccc(C(=O)O)cn1. The predicted octanol–water partition coefficient (Wildman–Crippen LogP) is 0.251. The Morgan fingerprint density at radius 3 is 2.79 bits per heavy atom. The first-order valence-electron chi connectivity index (χ1n) is 5.41. The summed E-state index contributed by atoms with van der Waals surface area (Å²) in [7, 11) is 0. The third kappa shape index (κ3) is 3.44. The molecule has 0 aromatic carbocycles. The van der Waals surface area contributed by atoms with Crippen LogP contribution in [0.4, 0.5) is 5.82 Å². The summed E-state index contributed by atoms with van der Waals surface area (Å²) in [5.41, 5.74) is 0.0455. The van der Waals surface area contributed by atoms with Gasteiger partial charge in [-0.05, 0) is 12.1 Å².